The van der Waals surface area contributed by atoms with Gasteiger partial charge in [0.15, 0.2) is 0 Å². The molecule has 0 aliphatic carbocycles. The van der Waals surface area contributed by atoms with Crippen LogP contribution in [0.15, 0.2) is 24.4 Å². The van der Waals surface area contributed by atoms with Crippen molar-refractivity contribution in [3.05, 3.63) is 51.8 Å². The lowest BCUT2D eigenvalue weighted by atomic mass is 10.1. The molecule has 4 nitrogen and oxygen atoms in total. The van der Waals surface area contributed by atoms with E-state index in [9.17, 15) is 4.79 Å². The predicted molar refractivity (Wildman–Crippen MR) is 84.8 cm³/mol. The molecule has 0 saturated carbocycles. The molecule has 0 atom stereocenters. The summed E-state index contributed by atoms with van der Waals surface area (Å²) in [7, 11) is 0. The number of hydrogen-bond donors (Lipinski definition) is 1. The van der Waals surface area contributed by atoms with E-state index in [1.165, 1.54) is 0 Å². The van der Waals surface area contributed by atoms with E-state index < -0.39 is 0 Å². The molecule has 112 valence electrons. The molecule has 0 spiro atoms. The van der Waals surface area contributed by atoms with E-state index in [-0.39, 0.29) is 5.91 Å². The van der Waals surface area contributed by atoms with Crippen molar-refractivity contribution in [3.8, 4) is 0 Å². The van der Waals surface area contributed by atoms with Crippen LogP contribution in [0.1, 0.15) is 33.6 Å². The second-order valence-electron chi connectivity index (χ2n) is 5.25. The summed E-state index contributed by atoms with van der Waals surface area (Å²) in [6.07, 6.45) is 2.62. The Morgan fingerprint density at radius 1 is 1.33 bits per heavy atom. The predicted octanol–water partition coefficient (Wildman–Crippen LogP) is 3.28. The van der Waals surface area contributed by atoms with E-state index in [4.69, 9.17) is 11.6 Å². The third kappa shape index (κ3) is 4.08. The number of carbonyl (C=O) groups excluding carboxylic acids is 1. The smallest absolute Gasteiger partial charge is 0.251 e. The molecular weight excluding hydrogens is 286 g/mol. The third-order valence-electron chi connectivity index (χ3n) is 3.37. The first kappa shape index (κ1) is 15.6. The molecule has 2 rings (SSSR count). The Bertz CT molecular complexity index is 629. The summed E-state index contributed by atoms with van der Waals surface area (Å²) in [6.45, 7) is 7.16. The highest BCUT2D eigenvalue weighted by Gasteiger charge is 2.08. The van der Waals surface area contributed by atoms with Crippen molar-refractivity contribution in [2.24, 2.45) is 0 Å². The highest BCUT2D eigenvalue weighted by molar-refractivity contribution is 6.31. The van der Waals surface area contributed by atoms with Gasteiger partial charge in [-0.2, -0.15) is 5.10 Å². The second kappa shape index (κ2) is 6.76. The van der Waals surface area contributed by atoms with Crippen LogP contribution < -0.4 is 5.32 Å². The van der Waals surface area contributed by atoms with Gasteiger partial charge in [-0.05, 0) is 38.8 Å². The third-order valence-corrected chi connectivity index (χ3v) is 3.74. The zero-order chi connectivity index (χ0) is 15.4. The second-order valence-corrected chi connectivity index (χ2v) is 5.66. The molecule has 0 aliphatic rings. The quantitative estimate of drug-likeness (QED) is 0.862. The summed E-state index contributed by atoms with van der Waals surface area (Å²) in [5.74, 6) is -0.0223. The van der Waals surface area contributed by atoms with E-state index in [0.717, 1.165) is 35.3 Å². The number of amides is 1. The topological polar surface area (TPSA) is 46.9 Å². The molecule has 0 fully saturated rings. The maximum atomic E-state index is 12.1. The molecule has 1 aromatic carbocycles. The molecule has 2 aromatic rings. The van der Waals surface area contributed by atoms with Gasteiger partial charge in [0.25, 0.3) is 5.91 Å². The van der Waals surface area contributed by atoms with Crippen LogP contribution in [0.2, 0.25) is 5.02 Å². The van der Waals surface area contributed by atoms with Gasteiger partial charge in [0.1, 0.15) is 0 Å². The Balaban J connectivity index is 1.83. The maximum Gasteiger partial charge on any atom is 0.251 e. The van der Waals surface area contributed by atoms with Crippen molar-refractivity contribution in [3.63, 3.8) is 0 Å². The molecule has 1 heterocycles. The normalized spacial score (nSPS) is 10.7. The zero-order valence-electron chi connectivity index (χ0n) is 12.6. The maximum absolute atomic E-state index is 12.1. The van der Waals surface area contributed by atoms with Crippen LogP contribution in [-0.4, -0.2) is 22.2 Å². The molecule has 5 heteroatoms. The summed E-state index contributed by atoms with van der Waals surface area (Å²) in [5, 5.41) is 7.90. The lowest BCUT2D eigenvalue weighted by molar-refractivity contribution is 0.0952. The highest BCUT2D eigenvalue weighted by atomic mass is 35.5. The lowest BCUT2D eigenvalue weighted by Gasteiger charge is -2.08. The van der Waals surface area contributed by atoms with E-state index in [1.807, 2.05) is 49.8 Å². The molecule has 0 radical (unpaired) electrons. The molecule has 0 aliphatic heterocycles. The van der Waals surface area contributed by atoms with E-state index in [2.05, 4.69) is 10.4 Å². The summed E-state index contributed by atoms with van der Waals surface area (Å²) in [4.78, 5) is 12.1. The number of benzene rings is 1. The average Bonchev–Trinajstić information content (AvgIpc) is 2.76. The van der Waals surface area contributed by atoms with Crippen LogP contribution in [0, 0.1) is 20.8 Å². The van der Waals surface area contributed by atoms with E-state index >= 15 is 0 Å². The van der Waals surface area contributed by atoms with Gasteiger partial charge in [0.05, 0.1) is 10.7 Å². The number of nitrogens with one attached hydrogen (secondary N) is 1. The standard InChI is InChI=1S/C16H20ClN3O/c1-11-5-6-12(2)14(9-11)16(21)18-7-4-8-20-10-15(17)13(3)19-20/h5-6,9-10H,4,7-8H2,1-3H3,(H,18,21). The van der Waals surface area contributed by atoms with Crippen LogP contribution in [0.3, 0.4) is 0 Å². The van der Waals surface area contributed by atoms with Crippen LogP contribution in [0.5, 0.6) is 0 Å². The Kier molecular flexibility index (Phi) is 5.02. The van der Waals surface area contributed by atoms with Crippen LogP contribution in [-0.2, 0) is 6.54 Å². The average molecular weight is 306 g/mol. The van der Waals surface area contributed by atoms with Crippen LogP contribution >= 0.6 is 11.6 Å². The summed E-state index contributed by atoms with van der Waals surface area (Å²) in [6, 6.07) is 5.90. The van der Waals surface area contributed by atoms with Crippen molar-refractivity contribution in [2.45, 2.75) is 33.7 Å². The Morgan fingerprint density at radius 2 is 2.10 bits per heavy atom. The van der Waals surface area contributed by atoms with Crippen molar-refractivity contribution >= 4 is 17.5 Å². The van der Waals surface area contributed by atoms with Crippen molar-refractivity contribution in [1.29, 1.82) is 0 Å². The van der Waals surface area contributed by atoms with Gasteiger partial charge in [0, 0.05) is 24.8 Å². The summed E-state index contributed by atoms with van der Waals surface area (Å²) in [5.41, 5.74) is 3.66. The van der Waals surface area contributed by atoms with Gasteiger partial charge in [-0.25, -0.2) is 0 Å². The fraction of sp³-hybridized carbons (Fsp3) is 0.375. The number of aryl methyl sites for hydroxylation is 4. The minimum absolute atomic E-state index is 0.0223. The van der Waals surface area contributed by atoms with Crippen LogP contribution in [0.4, 0.5) is 0 Å². The van der Waals surface area contributed by atoms with Gasteiger partial charge < -0.3 is 5.32 Å². The largest absolute Gasteiger partial charge is 0.352 e. The van der Waals surface area contributed by atoms with Gasteiger partial charge >= 0.3 is 0 Å². The Morgan fingerprint density at radius 3 is 2.76 bits per heavy atom. The monoisotopic (exact) mass is 305 g/mol. The van der Waals surface area contributed by atoms with Gasteiger partial charge in [-0.1, -0.05) is 29.3 Å². The molecule has 1 aromatic heterocycles. The number of aromatic nitrogens is 2. The first-order chi connectivity index (χ1) is 9.97. The molecule has 0 saturated heterocycles. The Labute approximate surface area is 130 Å². The number of halogens is 1. The lowest BCUT2D eigenvalue weighted by Crippen LogP contribution is -2.26. The Hall–Kier alpha value is -1.81. The number of rotatable bonds is 5. The first-order valence-electron chi connectivity index (χ1n) is 7.02. The fourth-order valence-electron chi connectivity index (χ4n) is 2.13. The molecule has 0 unspecified atom stereocenters. The molecule has 0 bridgehead atoms. The van der Waals surface area contributed by atoms with Crippen molar-refractivity contribution < 1.29 is 4.79 Å². The zero-order valence-corrected chi connectivity index (χ0v) is 13.4. The molecule has 21 heavy (non-hydrogen) atoms. The highest BCUT2D eigenvalue weighted by Crippen LogP contribution is 2.12. The number of carbonyl (C=O) groups is 1. The minimum Gasteiger partial charge on any atom is -0.352 e. The van der Waals surface area contributed by atoms with E-state index in [1.54, 1.807) is 0 Å². The number of nitrogens with zero attached hydrogens (tertiary/aromatic N) is 2. The van der Waals surface area contributed by atoms with Crippen molar-refractivity contribution in [2.75, 3.05) is 6.54 Å². The first-order valence-corrected chi connectivity index (χ1v) is 7.40. The van der Waals surface area contributed by atoms with Crippen LogP contribution in [0.25, 0.3) is 0 Å². The molecule has 1 N–H and O–H groups in total. The summed E-state index contributed by atoms with van der Waals surface area (Å²) < 4.78 is 1.81. The molecule has 1 amide bonds. The number of hydrogen-bond acceptors (Lipinski definition) is 2. The van der Waals surface area contributed by atoms with Gasteiger partial charge in [-0.15, -0.1) is 0 Å². The summed E-state index contributed by atoms with van der Waals surface area (Å²) >= 11 is 5.95. The van der Waals surface area contributed by atoms with Gasteiger partial charge in [0.2, 0.25) is 0 Å². The molecular formula is C16H20ClN3O. The SMILES string of the molecule is Cc1ccc(C)c(C(=O)NCCCn2cc(Cl)c(C)n2)c1. The fourth-order valence-corrected chi connectivity index (χ4v) is 2.28. The minimum atomic E-state index is -0.0223. The van der Waals surface area contributed by atoms with Gasteiger partial charge in [-0.3, -0.25) is 9.48 Å². The van der Waals surface area contributed by atoms with Crippen molar-refractivity contribution in [1.82, 2.24) is 15.1 Å². The van der Waals surface area contributed by atoms with E-state index in [0.29, 0.717) is 11.6 Å².